The fourth-order valence-corrected chi connectivity index (χ4v) is 2.40. The van der Waals surface area contributed by atoms with Gasteiger partial charge in [0.25, 0.3) is 0 Å². The third kappa shape index (κ3) is 6.30. The number of ketones is 2. The molecule has 0 aliphatic heterocycles. The van der Waals surface area contributed by atoms with Crippen LogP contribution in [0.4, 0.5) is 0 Å². The Hall–Kier alpha value is -3.94. The fraction of sp³-hybridized carbons (Fsp3) is 0.182. The number of pyridine rings is 2. The third-order valence-electron chi connectivity index (χ3n) is 3.98. The number of aliphatic hydroxyl groups is 2. The van der Waals surface area contributed by atoms with Gasteiger partial charge in [-0.2, -0.15) is 0 Å². The molecule has 2 heterocycles. The number of Topliss-reactive ketones (excluding diaryl/α,β-unsaturated/α-hetero) is 2. The van der Waals surface area contributed by atoms with Gasteiger partial charge in [-0.05, 0) is 38.1 Å². The van der Waals surface area contributed by atoms with Crippen molar-refractivity contribution in [2.24, 2.45) is 9.98 Å². The maximum atomic E-state index is 11.8. The van der Waals surface area contributed by atoms with Crippen LogP contribution in [-0.4, -0.2) is 57.3 Å². The highest BCUT2D eigenvalue weighted by Gasteiger charge is 2.11. The monoisotopic (exact) mass is 406 g/mol. The Morgan fingerprint density at radius 3 is 1.40 bits per heavy atom. The first kappa shape index (κ1) is 22.4. The number of allylic oxidation sites excluding steroid dienone is 2. The first-order valence-electron chi connectivity index (χ1n) is 9.10. The lowest BCUT2D eigenvalue weighted by molar-refractivity contribution is -0.114. The summed E-state index contributed by atoms with van der Waals surface area (Å²) in [7, 11) is 0. The largest absolute Gasteiger partial charge is 0.507 e. The molecule has 0 aromatic carbocycles. The van der Waals surface area contributed by atoms with Gasteiger partial charge in [0.05, 0.1) is 24.2 Å². The summed E-state index contributed by atoms with van der Waals surface area (Å²) in [4.78, 5) is 39.6. The van der Waals surface area contributed by atoms with E-state index in [0.29, 0.717) is 11.1 Å². The summed E-state index contributed by atoms with van der Waals surface area (Å²) in [5.74, 6) is -1.02. The topological polar surface area (TPSA) is 125 Å². The molecule has 0 aliphatic rings. The summed E-state index contributed by atoms with van der Waals surface area (Å²) in [6.45, 7) is 3.11. The molecule has 0 spiro atoms. The van der Waals surface area contributed by atoms with Crippen molar-refractivity contribution >= 4 is 35.5 Å². The molecule has 0 bridgehead atoms. The van der Waals surface area contributed by atoms with Crippen LogP contribution in [0.1, 0.15) is 25.0 Å². The van der Waals surface area contributed by atoms with Gasteiger partial charge in [0.2, 0.25) is 0 Å². The summed E-state index contributed by atoms with van der Waals surface area (Å²) in [6, 6.07) is 6.34. The number of carbonyl (C=O) groups is 2. The average molecular weight is 406 g/mol. The van der Waals surface area contributed by atoms with E-state index in [-0.39, 0.29) is 47.3 Å². The van der Waals surface area contributed by atoms with Gasteiger partial charge in [-0.1, -0.05) is 0 Å². The van der Waals surface area contributed by atoms with Gasteiger partial charge in [0.15, 0.2) is 11.6 Å². The second-order valence-electron chi connectivity index (χ2n) is 6.18. The van der Waals surface area contributed by atoms with Crippen LogP contribution >= 0.6 is 0 Å². The Morgan fingerprint density at radius 1 is 0.767 bits per heavy atom. The van der Waals surface area contributed by atoms with Crippen molar-refractivity contribution in [2.75, 3.05) is 13.1 Å². The third-order valence-corrected chi connectivity index (χ3v) is 3.98. The van der Waals surface area contributed by atoms with Crippen molar-refractivity contribution in [2.45, 2.75) is 13.8 Å². The van der Waals surface area contributed by atoms with Crippen LogP contribution in [-0.2, 0) is 9.59 Å². The Kier molecular flexibility index (Phi) is 8.31. The van der Waals surface area contributed by atoms with Crippen molar-refractivity contribution in [3.05, 3.63) is 71.3 Å². The van der Waals surface area contributed by atoms with Gasteiger partial charge in [0.1, 0.15) is 11.5 Å². The predicted octanol–water partition coefficient (Wildman–Crippen LogP) is 3.03. The minimum absolute atomic E-state index is 0.0739. The summed E-state index contributed by atoms with van der Waals surface area (Å²) in [5, 5.41) is 20.6. The molecule has 154 valence electrons. The van der Waals surface area contributed by atoms with E-state index in [4.69, 9.17) is 0 Å². The number of aliphatic imine (C=N–C) groups is 2. The minimum atomic E-state index is -0.333. The summed E-state index contributed by atoms with van der Waals surface area (Å²) in [5.41, 5.74) is 1.07. The van der Waals surface area contributed by atoms with Crippen LogP contribution in [0.3, 0.4) is 0 Å². The van der Waals surface area contributed by atoms with E-state index >= 15 is 0 Å². The van der Waals surface area contributed by atoms with Gasteiger partial charge in [-0.15, -0.1) is 0 Å². The van der Waals surface area contributed by atoms with Crippen LogP contribution in [0, 0.1) is 0 Å². The highest BCUT2D eigenvalue weighted by Crippen LogP contribution is 2.15. The molecule has 0 saturated heterocycles. The lowest BCUT2D eigenvalue weighted by Crippen LogP contribution is -2.05. The van der Waals surface area contributed by atoms with Crippen molar-refractivity contribution in [1.29, 1.82) is 0 Å². The van der Waals surface area contributed by atoms with Gasteiger partial charge < -0.3 is 10.2 Å². The Morgan fingerprint density at radius 2 is 1.10 bits per heavy atom. The zero-order chi connectivity index (χ0) is 21.9. The lowest BCUT2D eigenvalue weighted by Gasteiger charge is -2.04. The quantitative estimate of drug-likeness (QED) is 0.285. The van der Waals surface area contributed by atoms with E-state index in [9.17, 15) is 19.8 Å². The zero-order valence-electron chi connectivity index (χ0n) is 16.7. The first-order valence-corrected chi connectivity index (χ1v) is 9.10. The van der Waals surface area contributed by atoms with E-state index in [1.54, 1.807) is 24.3 Å². The van der Waals surface area contributed by atoms with Crippen LogP contribution in [0.15, 0.2) is 70.2 Å². The summed E-state index contributed by atoms with van der Waals surface area (Å²) in [6.07, 6.45) is 8.63. The molecule has 0 aliphatic carbocycles. The van der Waals surface area contributed by atoms with Crippen molar-refractivity contribution in [1.82, 2.24) is 9.97 Å². The maximum absolute atomic E-state index is 11.8. The SMILES string of the molecule is CC(=O)C(C=NCCN=CC(C(C)=O)=C(O)c1ccncc1)=C(O)c1ccncc1. The average Bonchev–Trinajstić information content (AvgIpc) is 2.75. The van der Waals surface area contributed by atoms with Crippen molar-refractivity contribution in [3.63, 3.8) is 0 Å². The molecular formula is C22H22N4O4. The zero-order valence-corrected chi connectivity index (χ0v) is 16.7. The molecule has 2 aromatic heterocycles. The Bertz CT molecular complexity index is 926. The molecule has 0 fully saturated rings. The second kappa shape index (κ2) is 11.2. The number of nitrogens with zero attached hydrogens (tertiary/aromatic N) is 4. The van der Waals surface area contributed by atoms with Crippen molar-refractivity contribution < 1.29 is 19.8 Å². The summed E-state index contributed by atoms with van der Waals surface area (Å²) >= 11 is 0. The number of carbonyl (C=O) groups excluding carboxylic acids is 2. The van der Waals surface area contributed by atoms with Gasteiger partial charge in [0, 0.05) is 48.3 Å². The molecule has 30 heavy (non-hydrogen) atoms. The number of rotatable bonds is 9. The maximum Gasteiger partial charge on any atom is 0.165 e. The highest BCUT2D eigenvalue weighted by molar-refractivity contribution is 6.18. The van der Waals surface area contributed by atoms with Crippen LogP contribution in [0.2, 0.25) is 0 Å². The highest BCUT2D eigenvalue weighted by atomic mass is 16.3. The molecule has 0 atom stereocenters. The van der Waals surface area contributed by atoms with Crippen LogP contribution in [0.5, 0.6) is 0 Å². The van der Waals surface area contributed by atoms with E-state index in [1.807, 2.05) is 0 Å². The van der Waals surface area contributed by atoms with Gasteiger partial charge in [-0.25, -0.2) is 0 Å². The number of hydrogen-bond acceptors (Lipinski definition) is 8. The van der Waals surface area contributed by atoms with Crippen LogP contribution < -0.4 is 0 Å². The van der Waals surface area contributed by atoms with Gasteiger partial charge in [-0.3, -0.25) is 29.5 Å². The number of aliphatic hydroxyl groups excluding tert-OH is 2. The molecular weight excluding hydrogens is 384 g/mol. The van der Waals surface area contributed by atoms with Crippen molar-refractivity contribution in [3.8, 4) is 0 Å². The molecule has 2 aromatic rings. The molecule has 8 heteroatoms. The number of hydrogen-bond donors (Lipinski definition) is 2. The Labute approximate surface area is 174 Å². The van der Waals surface area contributed by atoms with Gasteiger partial charge >= 0.3 is 0 Å². The molecule has 0 amide bonds. The molecule has 0 radical (unpaired) electrons. The van der Waals surface area contributed by atoms with Crippen LogP contribution in [0.25, 0.3) is 11.5 Å². The smallest absolute Gasteiger partial charge is 0.165 e. The molecule has 2 rings (SSSR count). The molecule has 2 N–H and O–H groups in total. The minimum Gasteiger partial charge on any atom is -0.507 e. The second-order valence-corrected chi connectivity index (χ2v) is 6.18. The number of aromatic nitrogens is 2. The predicted molar refractivity (Wildman–Crippen MR) is 116 cm³/mol. The molecule has 0 saturated carbocycles. The summed E-state index contributed by atoms with van der Waals surface area (Å²) < 4.78 is 0. The molecule has 0 unspecified atom stereocenters. The lowest BCUT2D eigenvalue weighted by atomic mass is 10.1. The van der Waals surface area contributed by atoms with E-state index in [1.165, 1.54) is 51.1 Å². The molecule has 8 nitrogen and oxygen atoms in total. The van der Waals surface area contributed by atoms with E-state index in [0.717, 1.165) is 0 Å². The van der Waals surface area contributed by atoms with E-state index < -0.39 is 0 Å². The fourth-order valence-electron chi connectivity index (χ4n) is 2.40. The Balaban J connectivity index is 2.07. The first-order chi connectivity index (χ1) is 14.4. The normalized spacial score (nSPS) is 13.3. The van der Waals surface area contributed by atoms with E-state index in [2.05, 4.69) is 20.0 Å². The standard InChI is InChI=1S/C22H22N4O4/c1-15(27)19(21(29)17-3-7-23-8-4-17)13-25-11-12-26-14-20(16(2)28)22(30)18-5-9-24-10-6-18/h3-10,13-14,29-30H,11-12H2,1-2H3.